The van der Waals surface area contributed by atoms with Crippen LogP contribution in [0.5, 0.6) is 0 Å². The van der Waals surface area contributed by atoms with Crippen LogP contribution in [0.25, 0.3) is 0 Å². The molecule has 1 aliphatic rings. The van der Waals surface area contributed by atoms with E-state index in [0.29, 0.717) is 11.6 Å². The number of piperidine rings is 1. The Bertz CT molecular complexity index is 421. The van der Waals surface area contributed by atoms with Crippen LogP contribution in [0.1, 0.15) is 37.8 Å². The molecule has 2 atom stereocenters. The molecule has 1 aliphatic heterocycles. The molecular weight excluding hydrogens is 246 g/mol. The Morgan fingerprint density at radius 3 is 2.89 bits per heavy atom. The normalized spacial score (nSPS) is 22.4. The van der Waals surface area contributed by atoms with Crippen LogP contribution >= 0.6 is 0 Å². The molecule has 106 valence electrons. The van der Waals surface area contributed by atoms with Crippen LogP contribution in [-0.4, -0.2) is 31.1 Å². The van der Waals surface area contributed by atoms with Gasteiger partial charge < -0.3 is 5.32 Å². The van der Waals surface area contributed by atoms with Gasteiger partial charge in [0, 0.05) is 24.2 Å². The zero-order valence-electron chi connectivity index (χ0n) is 11.6. The molecule has 0 spiro atoms. The van der Waals surface area contributed by atoms with Gasteiger partial charge in [0.25, 0.3) is 0 Å². The number of nitrogens with one attached hydrogen (secondary N) is 1. The van der Waals surface area contributed by atoms with Crippen molar-refractivity contribution in [3.63, 3.8) is 0 Å². The topological polar surface area (TPSA) is 15.3 Å². The number of benzene rings is 1. The van der Waals surface area contributed by atoms with Crippen molar-refractivity contribution in [3.05, 3.63) is 35.4 Å². The largest absolute Gasteiger partial charge is 0.318 e. The van der Waals surface area contributed by atoms with Crippen molar-refractivity contribution in [2.75, 3.05) is 20.1 Å². The molecule has 0 radical (unpaired) electrons. The van der Waals surface area contributed by atoms with Gasteiger partial charge in [0.1, 0.15) is 11.6 Å². The molecule has 0 aliphatic carbocycles. The lowest BCUT2D eigenvalue weighted by Crippen LogP contribution is -2.46. The van der Waals surface area contributed by atoms with E-state index in [4.69, 9.17) is 0 Å². The maximum Gasteiger partial charge on any atom is 0.128 e. The lowest BCUT2D eigenvalue weighted by atomic mass is 9.96. The number of hydrogen-bond donors (Lipinski definition) is 1. The summed E-state index contributed by atoms with van der Waals surface area (Å²) in [6.07, 6.45) is 3.45. The van der Waals surface area contributed by atoms with Gasteiger partial charge in [0.05, 0.1) is 0 Å². The maximum absolute atomic E-state index is 13.9. The minimum atomic E-state index is -0.370. The van der Waals surface area contributed by atoms with E-state index >= 15 is 0 Å². The summed E-state index contributed by atoms with van der Waals surface area (Å²) in [5.74, 6) is -0.687. The summed E-state index contributed by atoms with van der Waals surface area (Å²) in [7, 11) is 1.93. The van der Waals surface area contributed by atoms with Gasteiger partial charge >= 0.3 is 0 Å². The molecule has 1 N–H and O–H groups in total. The fourth-order valence-electron chi connectivity index (χ4n) is 3.00. The third-order valence-corrected chi connectivity index (χ3v) is 4.02. The van der Waals surface area contributed by atoms with Crippen LogP contribution in [0, 0.1) is 11.6 Å². The Morgan fingerprint density at radius 2 is 2.16 bits per heavy atom. The molecular formula is C15H22F2N2. The summed E-state index contributed by atoms with van der Waals surface area (Å²) in [6.45, 7) is 3.80. The number of hydrogen-bond acceptors (Lipinski definition) is 2. The summed E-state index contributed by atoms with van der Waals surface area (Å²) in [6, 6.07) is 4.03. The summed E-state index contributed by atoms with van der Waals surface area (Å²) in [4.78, 5) is 2.29. The maximum atomic E-state index is 13.9. The highest BCUT2D eigenvalue weighted by atomic mass is 19.1. The van der Waals surface area contributed by atoms with Gasteiger partial charge in [0.15, 0.2) is 0 Å². The Hall–Kier alpha value is -1.00. The van der Waals surface area contributed by atoms with Crippen LogP contribution in [0.4, 0.5) is 8.78 Å². The van der Waals surface area contributed by atoms with Crippen molar-refractivity contribution in [2.45, 2.75) is 38.3 Å². The molecule has 1 aromatic rings. The minimum Gasteiger partial charge on any atom is -0.318 e. The van der Waals surface area contributed by atoms with Gasteiger partial charge in [0.2, 0.25) is 0 Å². The fraction of sp³-hybridized carbons (Fsp3) is 0.600. The summed E-state index contributed by atoms with van der Waals surface area (Å²) in [5.41, 5.74) is 0.461. The van der Waals surface area contributed by atoms with Crippen LogP contribution < -0.4 is 5.32 Å². The highest BCUT2D eigenvalue weighted by Gasteiger charge is 2.28. The molecule has 0 amide bonds. The van der Waals surface area contributed by atoms with Crippen LogP contribution in [-0.2, 0) is 0 Å². The molecule has 2 nitrogen and oxygen atoms in total. The van der Waals surface area contributed by atoms with E-state index in [-0.39, 0.29) is 17.7 Å². The first-order valence-electron chi connectivity index (χ1n) is 6.98. The molecule has 0 aromatic heterocycles. The lowest BCUT2D eigenvalue weighted by molar-refractivity contribution is 0.101. The van der Waals surface area contributed by atoms with E-state index in [1.54, 1.807) is 0 Å². The van der Waals surface area contributed by atoms with Gasteiger partial charge in [-0.1, -0.05) is 6.42 Å². The standard InChI is InChI=1S/C15H22F2N2/c1-11(14-9-12(16)6-7-15(14)17)19-8-4-3-5-13(19)10-18-2/h6-7,9,11,13,18H,3-5,8,10H2,1-2H3. The highest BCUT2D eigenvalue weighted by Crippen LogP contribution is 2.29. The molecule has 1 saturated heterocycles. The Kier molecular flexibility index (Phi) is 4.88. The summed E-state index contributed by atoms with van der Waals surface area (Å²) >= 11 is 0. The third-order valence-electron chi connectivity index (χ3n) is 4.02. The first kappa shape index (κ1) is 14.4. The first-order valence-corrected chi connectivity index (χ1v) is 6.98. The second-order valence-corrected chi connectivity index (χ2v) is 5.29. The molecule has 1 fully saturated rings. The fourth-order valence-corrected chi connectivity index (χ4v) is 3.00. The van der Waals surface area contributed by atoms with E-state index in [1.165, 1.54) is 24.6 Å². The zero-order valence-corrected chi connectivity index (χ0v) is 11.6. The molecule has 1 heterocycles. The summed E-state index contributed by atoms with van der Waals surface area (Å²) in [5, 5.41) is 3.19. The van der Waals surface area contributed by atoms with Crippen molar-refractivity contribution in [3.8, 4) is 0 Å². The molecule has 4 heteroatoms. The van der Waals surface area contributed by atoms with Gasteiger partial charge in [-0.3, -0.25) is 4.90 Å². The van der Waals surface area contributed by atoms with Crippen molar-refractivity contribution >= 4 is 0 Å². The van der Waals surface area contributed by atoms with Gasteiger partial charge in [-0.05, 0) is 51.6 Å². The number of likely N-dealkylation sites (N-methyl/N-ethyl adjacent to an activating group) is 1. The monoisotopic (exact) mass is 268 g/mol. The van der Waals surface area contributed by atoms with Gasteiger partial charge in [-0.25, -0.2) is 8.78 Å². The third kappa shape index (κ3) is 3.31. The Morgan fingerprint density at radius 1 is 1.37 bits per heavy atom. The highest BCUT2D eigenvalue weighted by molar-refractivity contribution is 5.22. The second-order valence-electron chi connectivity index (χ2n) is 5.29. The molecule has 2 rings (SSSR count). The van der Waals surface area contributed by atoms with Crippen LogP contribution in [0.15, 0.2) is 18.2 Å². The Balaban J connectivity index is 2.20. The van der Waals surface area contributed by atoms with Gasteiger partial charge in [-0.2, -0.15) is 0 Å². The number of nitrogens with zero attached hydrogens (tertiary/aromatic N) is 1. The Labute approximate surface area is 113 Å². The van der Waals surface area contributed by atoms with E-state index in [0.717, 1.165) is 25.9 Å². The average Bonchev–Trinajstić information content (AvgIpc) is 2.42. The molecule has 2 unspecified atom stereocenters. The van der Waals surface area contributed by atoms with E-state index in [9.17, 15) is 8.78 Å². The van der Waals surface area contributed by atoms with Crippen LogP contribution in [0.2, 0.25) is 0 Å². The van der Waals surface area contributed by atoms with E-state index < -0.39 is 0 Å². The van der Waals surface area contributed by atoms with Crippen molar-refractivity contribution < 1.29 is 8.78 Å². The number of halogens is 2. The predicted octanol–water partition coefficient (Wildman–Crippen LogP) is 3.10. The smallest absolute Gasteiger partial charge is 0.128 e. The van der Waals surface area contributed by atoms with E-state index in [1.807, 2.05) is 14.0 Å². The number of rotatable bonds is 4. The number of likely N-dealkylation sites (tertiary alicyclic amines) is 1. The average molecular weight is 268 g/mol. The summed E-state index contributed by atoms with van der Waals surface area (Å²) < 4.78 is 27.2. The minimum absolute atomic E-state index is 0.0886. The van der Waals surface area contributed by atoms with Crippen molar-refractivity contribution in [2.24, 2.45) is 0 Å². The predicted molar refractivity (Wildman–Crippen MR) is 73.0 cm³/mol. The van der Waals surface area contributed by atoms with E-state index in [2.05, 4.69) is 10.2 Å². The van der Waals surface area contributed by atoms with Crippen LogP contribution in [0.3, 0.4) is 0 Å². The quantitative estimate of drug-likeness (QED) is 0.902. The van der Waals surface area contributed by atoms with Crippen molar-refractivity contribution in [1.82, 2.24) is 10.2 Å². The molecule has 0 saturated carbocycles. The van der Waals surface area contributed by atoms with Crippen molar-refractivity contribution in [1.29, 1.82) is 0 Å². The molecule has 19 heavy (non-hydrogen) atoms. The molecule has 1 aromatic carbocycles. The lowest BCUT2D eigenvalue weighted by Gasteiger charge is -2.40. The second kappa shape index (κ2) is 6.44. The SMILES string of the molecule is CNCC1CCCCN1C(C)c1cc(F)ccc1F. The van der Waals surface area contributed by atoms with Gasteiger partial charge in [-0.15, -0.1) is 0 Å². The zero-order chi connectivity index (χ0) is 13.8. The first-order chi connectivity index (χ1) is 9.13. The molecule has 0 bridgehead atoms.